The van der Waals surface area contributed by atoms with Gasteiger partial charge in [-0.1, -0.05) is 0 Å². The van der Waals surface area contributed by atoms with Gasteiger partial charge < -0.3 is 10.4 Å². The van der Waals surface area contributed by atoms with E-state index in [0.717, 1.165) is 25.7 Å². The van der Waals surface area contributed by atoms with Gasteiger partial charge in [-0.25, -0.2) is 4.98 Å². The van der Waals surface area contributed by atoms with Gasteiger partial charge in [-0.3, -0.25) is 4.79 Å². The Bertz CT molecular complexity index is 403. The van der Waals surface area contributed by atoms with Crippen molar-refractivity contribution < 1.29 is 9.90 Å². The molecule has 1 heterocycles. The fourth-order valence-corrected chi connectivity index (χ4v) is 2.40. The number of halogens is 1. The van der Waals surface area contributed by atoms with Gasteiger partial charge in [-0.05, 0) is 53.7 Å². The molecule has 0 saturated heterocycles. The van der Waals surface area contributed by atoms with Crippen LogP contribution in [0.25, 0.3) is 0 Å². The van der Waals surface area contributed by atoms with Crippen molar-refractivity contribution in [3.63, 3.8) is 0 Å². The topological polar surface area (TPSA) is 62.2 Å². The molecule has 0 bridgehead atoms. The third-order valence-electron chi connectivity index (χ3n) is 3.02. The van der Waals surface area contributed by atoms with Crippen LogP contribution in [0.15, 0.2) is 22.9 Å². The number of nitrogens with one attached hydrogen (secondary N) is 1. The monoisotopic (exact) mass is 298 g/mol. The number of nitrogens with zero attached hydrogens (tertiary/aromatic N) is 1. The molecule has 0 atom stereocenters. The minimum absolute atomic E-state index is 0.0745. The van der Waals surface area contributed by atoms with Crippen molar-refractivity contribution in [2.45, 2.75) is 37.8 Å². The summed E-state index contributed by atoms with van der Waals surface area (Å²) in [6.07, 6.45) is 4.64. The number of aromatic nitrogens is 1. The highest BCUT2D eigenvalue weighted by molar-refractivity contribution is 9.10. The lowest BCUT2D eigenvalue weighted by atomic mass is 9.93. The van der Waals surface area contributed by atoms with E-state index in [1.54, 1.807) is 18.3 Å². The van der Waals surface area contributed by atoms with Gasteiger partial charge in [-0.2, -0.15) is 0 Å². The van der Waals surface area contributed by atoms with E-state index in [1.807, 2.05) is 0 Å². The predicted octanol–water partition coefficient (Wildman–Crippen LogP) is 1.88. The summed E-state index contributed by atoms with van der Waals surface area (Å²) in [5.41, 5.74) is 0.609. The third kappa shape index (κ3) is 3.51. The lowest BCUT2D eigenvalue weighted by molar-refractivity contribution is 0.0867. The summed E-state index contributed by atoms with van der Waals surface area (Å²) < 4.78 is 0.657. The number of carbonyl (C=O) groups is 1. The molecule has 1 amide bonds. The maximum atomic E-state index is 11.9. The van der Waals surface area contributed by atoms with E-state index >= 15 is 0 Å². The molecule has 92 valence electrons. The smallest absolute Gasteiger partial charge is 0.251 e. The summed E-state index contributed by atoms with van der Waals surface area (Å²) in [6.45, 7) is 0. The van der Waals surface area contributed by atoms with Crippen LogP contribution in [0.5, 0.6) is 0 Å². The largest absolute Gasteiger partial charge is 0.393 e. The number of rotatable bonds is 2. The molecule has 1 aromatic rings. The summed E-state index contributed by atoms with van der Waals surface area (Å²) in [4.78, 5) is 15.9. The Labute approximate surface area is 109 Å². The van der Waals surface area contributed by atoms with Gasteiger partial charge >= 0.3 is 0 Å². The molecule has 1 fully saturated rings. The van der Waals surface area contributed by atoms with Gasteiger partial charge in [0.05, 0.1) is 6.10 Å². The first-order valence-electron chi connectivity index (χ1n) is 5.75. The molecule has 0 spiro atoms. The van der Waals surface area contributed by atoms with E-state index in [0.29, 0.717) is 10.2 Å². The van der Waals surface area contributed by atoms with E-state index in [2.05, 4.69) is 26.2 Å². The molecule has 1 aliphatic rings. The Morgan fingerprint density at radius 1 is 1.41 bits per heavy atom. The second kappa shape index (κ2) is 5.60. The van der Waals surface area contributed by atoms with Crippen molar-refractivity contribution in [2.24, 2.45) is 0 Å². The number of aliphatic hydroxyl groups excluding tert-OH is 1. The van der Waals surface area contributed by atoms with Gasteiger partial charge in [0.1, 0.15) is 4.60 Å². The quantitative estimate of drug-likeness (QED) is 0.820. The molecule has 0 radical (unpaired) electrons. The Hall–Kier alpha value is -0.940. The van der Waals surface area contributed by atoms with Crippen molar-refractivity contribution in [2.75, 3.05) is 0 Å². The molecule has 1 aromatic heterocycles. The van der Waals surface area contributed by atoms with E-state index in [1.165, 1.54) is 0 Å². The zero-order valence-corrected chi connectivity index (χ0v) is 11.0. The number of carbonyl (C=O) groups excluding carboxylic acids is 1. The highest BCUT2D eigenvalue weighted by atomic mass is 79.9. The van der Waals surface area contributed by atoms with Gasteiger partial charge in [0.2, 0.25) is 0 Å². The minimum Gasteiger partial charge on any atom is -0.393 e. The molecular formula is C12H15BrN2O2. The number of pyridine rings is 1. The third-order valence-corrected chi connectivity index (χ3v) is 3.45. The molecular weight excluding hydrogens is 284 g/mol. The first kappa shape index (κ1) is 12.5. The molecule has 1 saturated carbocycles. The summed E-state index contributed by atoms with van der Waals surface area (Å²) in [7, 11) is 0. The van der Waals surface area contributed by atoms with Crippen LogP contribution in [0.2, 0.25) is 0 Å². The highest BCUT2D eigenvalue weighted by Crippen LogP contribution is 2.19. The van der Waals surface area contributed by atoms with Crippen molar-refractivity contribution in [3.05, 3.63) is 28.5 Å². The molecule has 0 aromatic carbocycles. The maximum absolute atomic E-state index is 11.9. The molecule has 0 unspecified atom stereocenters. The average Bonchev–Trinajstić information content (AvgIpc) is 2.32. The van der Waals surface area contributed by atoms with Gasteiger partial charge in [0, 0.05) is 17.8 Å². The van der Waals surface area contributed by atoms with E-state index < -0.39 is 0 Å². The fourth-order valence-electron chi connectivity index (χ4n) is 2.03. The van der Waals surface area contributed by atoms with Crippen LogP contribution in [-0.4, -0.2) is 28.1 Å². The summed E-state index contributed by atoms with van der Waals surface area (Å²) in [6, 6.07) is 3.57. The van der Waals surface area contributed by atoms with Gasteiger partial charge in [-0.15, -0.1) is 0 Å². The summed E-state index contributed by atoms with van der Waals surface area (Å²) >= 11 is 3.24. The second-order valence-electron chi connectivity index (χ2n) is 4.35. The highest BCUT2D eigenvalue weighted by Gasteiger charge is 2.21. The fraction of sp³-hybridized carbons (Fsp3) is 0.500. The summed E-state index contributed by atoms with van der Waals surface area (Å²) in [5.74, 6) is -0.0745. The molecule has 17 heavy (non-hydrogen) atoms. The minimum atomic E-state index is -0.196. The number of hydrogen-bond acceptors (Lipinski definition) is 3. The Morgan fingerprint density at radius 3 is 2.76 bits per heavy atom. The molecule has 5 heteroatoms. The first-order valence-corrected chi connectivity index (χ1v) is 6.55. The Balaban J connectivity index is 1.93. The van der Waals surface area contributed by atoms with Crippen LogP contribution in [0.3, 0.4) is 0 Å². The lowest BCUT2D eigenvalue weighted by Gasteiger charge is -2.26. The zero-order valence-electron chi connectivity index (χ0n) is 9.40. The standard InChI is InChI=1S/C12H15BrN2O2/c13-11-7-8(5-6-14-11)12(17)15-9-1-3-10(16)4-2-9/h5-7,9-10,16H,1-4H2,(H,15,17). The normalized spacial score (nSPS) is 24.4. The molecule has 4 nitrogen and oxygen atoms in total. The number of aliphatic hydroxyl groups is 1. The molecule has 0 aliphatic heterocycles. The lowest BCUT2D eigenvalue weighted by Crippen LogP contribution is -2.38. The predicted molar refractivity (Wildman–Crippen MR) is 67.7 cm³/mol. The second-order valence-corrected chi connectivity index (χ2v) is 5.16. The van der Waals surface area contributed by atoms with Gasteiger partial charge in [0.25, 0.3) is 5.91 Å². The van der Waals surface area contributed by atoms with Crippen LogP contribution >= 0.6 is 15.9 Å². The zero-order chi connectivity index (χ0) is 12.3. The van der Waals surface area contributed by atoms with E-state index in [-0.39, 0.29) is 18.1 Å². The Morgan fingerprint density at radius 2 is 2.12 bits per heavy atom. The SMILES string of the molecule is O=C(NC1CCC(O)CC1)c1ccnc(Br)c1. The van der Waals surface area contributed by atoms with Crippen molar-refractivity contribution >= 4 is 21.8 Å². The van der Waals surface area contributed by atoms with Gasteiger partial charge in [0.15, 0.2) is 0 Å². The average molecular weight is 299 g/mol. The molecule has 1 aliphatic carbocycles. The van der Waals surface area contributed by atoms with Crippen LogP contribution in [-0.2, 0) is 0 Å². The van der Waals surface area contributed by atoms with Crippen LogP contribution < -0.4 is 5.32 Å². The van der Waals surface area contributed by atoms with Crippen molar-refractivity contribution in [1.82, 2.24) is 10.3 Å². The summed E-state index contributed by atoms with van der Waals surface area (Å²) in [5, 5.41) is 12.4. The van der Waals surface area contributed by atoms with E-state index in [9.17, 15) is 9.90 Å². The number of amides is 1. The van der Waals surface area contributed by atoms with Crippen LogP contribution in [0, 0.1) is 0 Å². The maximum Gasteiger partial charge on any atom is 0.251 e. The van der Waals surface area contributed by atoms with Crippen LogP contribution in [0.1, 0.15) is 36.0 Å². The van der Waals surface area contributed by atoms with Crippen molar-refractivity contribution in [3.8, 4) is 0 Å². The molecule has 2 rings (SSSR count). The number of hydrogen-bond donors (Lipinski definition) is 2. The van der Waals surface area contributed by atoms with Crippen molar-refractivity contribution in [1.29, 1.82) is 0 Å². The first-order chi connectivity index (χ1) is 8.15. The van der Waals surface area contributed by atoms with Crippen LogP contribution in [0.4, 0.5) is 0 Å². The Kier molecular flexibility index (Phi) is 4.12. The van der Waals surface area contributed by atoms with E-state index in [4.69, 9.17) is 0 Å². The molecule has 2 N–H and O–H groups in total.